The number of amides is 1. The first-order valence-corrected chi connectivity index (χ1v) is 8.34. The molecule has 5 nitrogen and oxygen atoms in total. The Hall–Kier alpha value is -2.92. The van der Waals surface area contributed by atoms with Gasteiger partial charge in [-0.05, 0) is 11.1 Å². The Labute approximate surface area is 146 Å². The Morgan fingerprint density at radius 2 is 1.84 bits per heavy atom. The molecule has 0 spiro atoms. The van der Waals surface area contributed by atoms with Gasteiger partial charge >= 0.3 is 0 Å². The van der Waals surface area contributed by atoms with Crippen LogP contribution in [0.15, 0.2) is 67.0 Å². The minimum Gasteiger partial charge on any atom is -0.365 e. The minimum absolute atomic E-state index is 0.0110. The van der Waals surface area contributed by atoms with E-state index < -0.39 is 0 Å². The van der Waals surface area contributed by atoms with Crippen LogP contribution in [0, 0.1) is 0 Å². The summed E-state index contributed by atoms with van der Waals surface area (Å²) in [5.41, 5.74) is 3.47. The Balaban J connectivity index is 1.45. The SMILES string of the molecule is O=C(NCc1ccccc1)c1ncn2c1COC(c1ccccc1)C2. The predicted molar refractivity (Wildman–Crippen MR) is 93.8 cm³/mol. The fourth-order valence-corrected chi connectivity index (χ4v) is 3.05. The van der Waals surface area contributed by atoms with Gasteiger partial charge in [-0.3, -0.25) is 4.79 Å². The van der Waals surface area contributed by atoms with Gasteiger partial charge in [0.25, 0.3) is 5.91 Å². The predicted octanol–water partition coefficient (Wildman–Crippen LogP) is 3.08. The van der Waals surface area contributed by atoms with Gasteiger partial charge in [0.2, 0.25) is 0 Å². The number of nitrogens with one attached hydrogen (secondary N) is 1. The Bertz CT molecular complexity index is 859. The number of fused-ring (bicyclic) bond motifs is 1. The molecule has 0 radical (unpaired) electrons. The van der Waals surface area contributed by atoms with Gasteiger partial charge in [0.15, 0.2) is 5.69 Å². The van der Waals surface area contributed by atoms with Crippen molar-refractivity contribution in [3.63, 3.8) is 0 Å². The van der Waals surface area contributed by atoms with Crippen molar-refractivity contribution in [3.8, 4) is 0 Å². The molecule has 0 fully saturated rings. The number of carbonyl (C=O) groups is 1. The zero-order valence-corrected chi connectivity index (χ0v) is 13.8. The molecule has 3 aromatic rings. The Morgan fingerprint density at radius 3 is 2.60 bits per heavy atom. The van der Waals surface area contributed by atoms with E-state index in [9.17, 15) is 4.79 Å². The number of rotatable bonds is 4. The number of nitrogens with zero attached hydrogens (tertiary/aromatic N) is 2. The van der Waals surface area contributed by atoms with E-state index in [1.165, 1.54) is 0 Å². The van der Waals surface area contributed by atoms with Gasteiger partial charge < -0.3 is 14.6 Å². The second-order valence-electron chi connectivity index (χ2n) is 6.07. The molecule has 5 heteroatoms. The van der Waals surface area contributed by atoms with E-state index >= 15 is 0 Å². The largest absolute Gasteiger partial charge is 0.365 e. The first-order chi connectivity index (χ1) is 12.3. The summed E-state index contributed by atoms with van der Waals surface area (Å²) in [7, 11) is 0. The topological polar surface area (TPSA) is 56.2 Å². The summed E-state index contributed by atoms with van der Waals surface area (Å²) in [5, 5.41) is 2.92. The van der Waals surface area contributed by atoms with Crippen molar-refractivity contribution < 1.29 is 9.53 Å². The van der Waals surface area contributed by atoms with Crippen LogP contribution < -0.4 is 5.32 Å². The highest BCUT2D eigenvalue weighted by molar-refractivity contribution is 5.93. The molecular weight excluding hydrogens is 314 g/mol. The van der Waals surface area contributed by atoms with Gasteiger partial charge in [0.05, 0.1) is 25.2 Å². The molecule has 2 aromatic carbocycles. The van der Waals surface area contributed by atoms with Crippen molar-refractivity contribution >= 4 is 5.91 Å². The van der Waals surface area contributed by atoms with Gasteiger partial charge in [-0.15, -0.1) is 0 Å². The number of imidazole rings is 1. The van der Waals surface area contributed by atoms with Crippen molar-refractivity contribution in [1.29, 1.82) is 0 Å². The summed E-state index contributed by atoms with van der Waals surface area (Å²) in [6, 6.07) is 19.9. The molecule has 0 bridgehead atoms. The van der Waals surface area contributed by atoms with Crippen LogP contribution in [-0.2, 0) is 24.4 Å². The van der Waals surface area contributed by atoms with Gasteiger partial charge in [0, 0.05) is 6.54 Å². The Morgan fingerprint density at radius 1 is 1.12 bits per heavy atom. The number of carbonyl (C=O) groups excluding carboxylic acids is 1. The van der Waals surface area contributed by atoms with E-state index in [4.69, 9.17) is 4.74 Å². The molecule has 0 saturated carbocycles. The maximum Gasteiger partial charge on any atom is 0.272 e. The van der Waals surface area contributed by atoms with E-state index in [0.717, 1.165) is 16.8 Å². The van der Waals surface area contributed by atoms with E-state index in [-0.39, 0.29) is 12.0 Å². The molecule has 1 N–H and O–H groups in total. The summed E-state index contributed by atoms with van der Waals surface area (Å²) >= 11 is 0. The molecule has 1 aliphatic rings. The van der Waals surface area contributed by atoms with Crippen LogP contribution in [-0.4, -0.2) is 15.5 Å². The molecule has 2 heterocycles. The summed E-state index contributed by atoms with van der Waals surface area (Å²) in [6.07, 6.45) is 1.72. The van der Waals surface area contributed by atoms with E-state index in [0.29, 0.717) is 25.4 Å². The second kappa shape index (κ2) is 6.91. The maximum absolute atomic E-state index is 12.5. The molecule has 1 amide bonds. The summed E-state index contributed by atoms with van der Waals surface area (Å²) in [6.45, 7) is 1.53. The van der Waals surface area contributed by atoms with Crippen LogP contribution in [0.5, 0.6) is 0 Å². The average molecular weight is 333 g/mol. The molecule has 126 valence electrons. The van der Waals surface area contributed by atoms with Crippen molar-refractivity contribution in [2.75, 3.05) is 0 Å². The third kappa shape index (κ3) is 3.32. The molecule has 25 heavy (non-hydrogen) atoms. The normalized spacial score (nSPS) is 16.2. The van der Waals surface area contributed by atoms with Crippen molar-refractivity contribution in [2.45, 2.75) is 25.8 Å². The van der Waals surface area contributed by atoms with Gasteiger partial charge in [-0.2, -0.15) is 0 Å². The molecule has 1 atom stereocenters. The fourth-order valence-electron chi connectivity index (χ4n) is 3.05. The molecule has 1 aliphatic heterocycles. The van der Waals surface area contributed by atoms with E-state index in [1.807, 2.05) is 53.1 Å². The van der Waals surface area contributed by atoms with Gasteiger partial charge in [0.1, 0.15) is 6.10 Å². The van der Waals surface area contributed by atoms with Crippen molar-refractivity contribution in [3.05, 3.63) is 89.5 Å². The number of aromatic nitrogens is 2. The highest BCUT2D eigenvalue weighted by atomic mass is 16.5. The lowest BCUT2D eigenvalue weighted by Gasteiger charge is -2.25. The quantitative estimate of drug-likeness (QED) is 0.798. The van der Waals surface area contributed by atoms with Crippen LogP contribution in [0.3, 0.4) is 0 Å². The number of ether oxygens (including phenoxy) is 1. The molecule has 0 saturated heterocycles. The number of hydrogen-bond donors (Lipinski definition) is 1. The molecule has 4 rings (SSSR count). The van der Waals surface area contributed by atoms with Crippen molar-refractivity contribution in [2.24, 2.45) is 0 Å². The molecule has 1 unspecified atom stereocenters. The smallest absolute Gasteiger partial charge is 0.272 e. The zero-order valence-electron chi connectivity index (χ0n) is 13.8. The fraction of sp³-hybridized carbons (Fsp3) is 0.200. The first-order valence-electron chi connectivity index (χ1n) is 8.34. The maximum atomic E-state index is 12.5. The monoisotopic (exact) mass is 333 g/mol. The van der Waals surface area contributed by atoms with Crippen LogP contribution in [0.2, 0.25) is 0 Å². The summed E-state index contributed by atoms with van der Waals surface area (Å²) in [4.78, 5) is 16.8. The lowest BCUT2D eigenvalue weighted by atomic mass is 10.1. The van der Waals surface area contributed by atoms with Gasteiger partial charge in [-0.25, -0.2) is 4.98 Å². The third-order valence-electron chi connectivity index (χ3n) is 4.41. The Kier molecular flexibility index (Phi) is 4.31. The van der Waals surface area contributed by atoms with Crippen LogP contribution >= 0.6 is 0 Å². The average Bonchev–Trinajstić information content (AvgIpc) is 3.11. The lowest BCUT2D eigenvalue weighted by Crippen LogP contribution is -2.27. The lowest BCUT2D eigenvalue weighted by molar-refractivity contribution is 0.00257. The van der Waals surface area contributed by atoms with Gasteiger partial charge in [-0.1, -0.05) is 60.7 Å². The zero-order chi connectivity index (χ0) is 17.1. The molecule has 1 aromatic heterocycles. The molecular formula is C20H19N3O2. The minimum atomic E-state index is -0.167. The summed E-state index contributed by atoms with van der Waals surface area (Å²) < 4.78 is 7.97. The standard InChI is InChI=1S/C20H19N3O2/c24-20(21-11-15-7-3-1-4-8-15)19-17-13-25-18(12-23(17)14-22-19)16-9-5-2-6-10-16/h1-10,14,18H,11-13H2,(H,21,24). The van der Waals surface area contributed by atoms with Crippen LogP contribution in [0.4, 0.5) is 0 Å². The first kappa shape index (κ1) is 15.6. The van der Waals surface area contributed by atoms with Crippen LogP contribution in [0.1, 0.15) is 33.4 Å². The highest BCUT2D eigenvalue weighted by Gasteiger charge is 2.26. The third-order valence-corrected chi connectivity index (χ3v) is 4.41. The van der Waals surface area contributed by atoms with E-state index in [2.05, 4.69) is 22.4 Å². The van der Waals surface area contributed by atoms with E-state index in [1.54, 1.807) is 6.33 Å². The van der Waals surface area contributed by atoms with Crippen LogP contribution in [0.25, 0.3) is 0 Å². The molecule has 0 aliphatic carbocycles. The van der Waals surface area contributed by atoms with Crippen molar-refractivity contribution in [1.82, 2.24) is 14.9 Å². The highest BCUT2D eigenvalue weighted by Crippen LogP contribution is 2.27. The summed E-state index contributed by atoms with van der Waals surface area (Å²) in [5.74, 6) is -0.167. The number of benzene rings is 2. The number of hydrogen-bond acceptors (Lipinski definition) is 3. The second-order valence-corrected chi connectivity index (χ2v) is 6.07.